The topological polar surface area (TPSA) is 101 Å². The van der Waals surface area contributed by atoms with Gasteiger partial charge in [0.25, 0.3) is 0 Å². The van der Waals surface area contributed by atoms with E-state index in [-0.39, 0.29) is 22.6 Å². The molecule has 1 fully saturated rings. The third kappa shape index (κ3) is 4.86. The minimum atomic E-state index is -0.667. The van der Waals surface area contributed by atoms with Crippen LogP contribution in [0.2, 0.25) is 0 Å². The zero-order chi connectivity index (χ0) is 29.3. The molecule has 0 unspecified atom stereocenters. The van der Waals surface area contributed by atoms with Crippen LogP contribution in [0, 0.1) is 17.1 Å². The van der Waals surface area contributed by atoms with Gasteiger partial charge in [-0.05, 0) is 41.0 Å². The summed E-state index contributed by atoms with van der Waals surface area (Å²) in [4.78, 5) is 7.04. The van der Waals surface area contributed by atoms with Gasteiger partial charge in [0, 0.05) is 54.6 Å². The van der Waals surface area contributed by atoms with Gasteiger partial charge in [0.2, 0.25) is 0 Å². The highest BCUT2D eigenvalue weighted by molar-refractivity contribution is 6.06. The first-order valence-electron chi connectivity index (χ1n) is 14.1. The number of phenolic OH excluding ortho intramolecular Hbond substituents is 1. The lowest BCUT2D eigenvalue weighted by atomic mass is 9.91. The first-order chi connectivity index (χ1) is 21.1. The third-order valence-electron chi connectivity index (χ3n) is 7.93. The van der Waals surface area contributed by atoms with Gasteiger partial charge >= 0.3 is 0 Å². The Labute approximate surface area is 247 Å². The first-order valence-corrected chi connectivity index (χ1v) is 14.1. The number of aromatic amines is 1. The van der Waals surface area contributed by atoms with Gasteiger partial charge in [-0.1, -0.05) is 66.7 Å². The van der Waals surface area contributed by atoms with Crippen molar-refractivity contribution >= 4 is 16.7 Å². The number of nitriles is 1. The molecule has 0 bridgehead atoms. The molecule has 7 rings (SSSR count). The van der Waals surface area contributed by atoms with Gasteiger partial charge in [-0.15, -0.1) is 0 Å². The summed E-state index contributed by atoms with van der Waals surface area (Å²) in [6.07, 6.45) is 0. The van der Waals surface area contributed by atoms with Crippen LogP contribution in [0.15, 0.2) is 97.1 Å². The summed E-state index contributed by atoms with van der Waals surface area (Å²) < 4.78 is 15.1. The first kappa shape index (κ1) is 26.4. The SMILES string of the molecule is N#Cc1c(-c2ccc(O)cc2F)nc2[nH]nc(-c3ccc(-c4ccccc4)cc3)c2c1-c1ccc(N2CCNCC2)cc1. The van der Waals surface area contributed by atoms with E-state index in [0.717, 1.165) is 60.2 Å². The van der Waals surface area contributed by atoms with Crippen molar-refractivity contribution in [1.29, 1.82) is 5.26 Å². The molecule has 7 nitrogen and oxygen atoms in total. The van der Waals surface area contributed by atoms with Crippen LogP contribution in [0.4, 0.5) is 10.1 Å². The molecule has 4 aromatic carbocycles. The van der Waals surface area contributed by atoms with E-state index in [1.807, 2.05) is 54.6 Å². The van der Waals surface area contributed by atoms with Gasteiger partial charge in [0.15, 0.2) is 5.65 Å². The highest BCUT2D eigenvalue weighted by atomic mass is 19.1. The van der Waals surface area contributed by atoms with Crippen molar-refractivity contribution in [1.82, 2.24) is 20.5 Å². The van der Waals surface area contributed by atoms with E-state index in [2.05, 4.69) is 50.7 Å². The molecule has 1 aliphatic rings. The molecule has 0 spiro atoms. The second-order valence-electron chi connectivity index (χ2n) is 10.5. The minimum Gasteiger partial charge on any atom is -0.508 e. The molecular formula is C35H27FN6O. The van der Waals surface area contributed by atoms with Crippen molar-refractivity contribution in [2.24, 2.45) is 0 Å². The van der Waals surface area contributed by atoms with Crippen LogP contribution in [0.1, 0.15) is 5.56 Å². The van der Waals surface area contributed by atoms with E-state index in [4.69, 9.17) is 4.98 Å². The van der Waals surface area contributed by atoms with Gasteiger partial charge in [-0.2, -0.15) is 10.4 Å². The molecule has 3 heterocycles. The van der Waals surface area contributed by atoms with E-state index in [9.17, 15) is 10.4 Å². The van der Waals surface area contributed by atoms with Crippen LogP contribution in [0.5, 0.6) is 5.75 Å². The summed E-state index contributed by atoms with van der Waals surface area (Å²) in [6.45, 7) is 3.68. The highest BCUT2D eigenvalue weighted by Crippen LogP contribution is 2.41. The predicted octanol–water partition coefficient (Wildman–Crippen LogP) is 6.75. The molecule has 1 saturated heterocycles. The Bertz CT molecular complexity index is 1970. The summed E-state index contributed by atoms with van der Waals surface area (Å²) in [5, 5.41) is 32.1. The van der Waals surface area contributed by atoms with E-state index in [0.29, 0.717) is 22.3 Å². The van der Waals surface area contributed by atoms with Crippen LogP contribution in [0.25, 0.3) is 55.8 Å². The van der Waals surface area contributed by atoms with Crippen molar-refractivity contribution in [3.8, 4) is 56.6 Å². The number of rotatable bonds is 5. The average molecular weight is 567 g/mol. The second kappa shape index (κ2) is 11.0. The molecule has 2 aromatic heterocycles. The largest absolute Gasteiger partial charge is 0.508 e. The lowest BCUT2D eigenvalue weighted by molar-refractivity contribution is 0.469. The quantitative estimate of drug-likeness (QED) is 0.213. The number of aromatic hydroxyl groups is 1. The number of anilines is 1. The molecule has 0 aliphatic carbocycles. The van der Waals surface area contributed by atoms with Gasteiger partial charge < -0.3 is 15.3 Å². The number of hydrogen-bond acceptors (Lipinski definition) is 6. The van der Waals surface area contributed by atoms with Crippen molar-refractivity contribution < 1.29 is 9.50 Å². The maximum atomic E-state index is 15.1. The Morgan fingerprint density at radius 3 is 2.16 bits per heavy atom. The van der Waals surface area contributed by atoms with Crippen LogP contribution in [0.3, 0.4) is 0 Å². The summed E-state index contributed by atoms with van der Waals surface area (Å²) in [6, 6.07) is 32.5. The lowest BCUT2D eigenvalue weighted by Crippen LogP contribution is -2.43. The molecular weight excluding hydrogens is 539 g/mol. The Balaban J connectivity index is 1.42. The summed E-state index contributed by atoms with van der Waals surface area (Å²) in [7, 11) is 0. The zero-order valence-corrected chi connectivity index (χ0v) is 23.2. The lowest BCUT2D eigenvalue weighted by Gasteiger charge is -2.29. The number of H-pyrrole nitrogens is 1. The third-order valence-corrected chi connectivity index (χ3v) is 7.93. The van der Waals surface area contributed by atoms with Crippen molar-refractivity contribution in [3.05, 3.63) is 108 Å². The van der Waals surface area contributed by atoms with Crippen LogP contribution in [-0.2, 0) is 0 Å². The molecule has 1 aliphatic heterocycles. The Morgan fingerprint density at radius 1 is 0.791 bits per heavy atom. The number of hydrogen-bond donors (Lipinski definition) is 3. The summed E-state index contributed by atoms with van der Waals surface area (Å²) in [5.41, 5.74) is 7.19. The Kier molecular flexibility index (Phi) is 6.78. The zero-order valence-electron chi connectivity index (χ0n) is 23.2. The van der Waals surface area contributed by atoms with E-state index in [1.54, 1.807) is 0 Å². The number of fused-ring (bicyclic) bond motifs is 1. The second-order valence-corrected chi connectivity index (χ2v) is 10.5. The molecule has 0 atom stereocenters. The number of halogens is 1. The molecule has 3 N–H and O–H groups in total. The van der Waals surface area contributed by atoms with Gasteiger partial charge in [-0.3, -0.25) is 5.10 Å². The van der Waals surface area contributed by atoms with Crippen LogP contribution in [-0.4, -0.2) is 46.5 Å². The van der Waals surface area contributed by atoms with E-state index in [1.165, 1.54) is 12.1 Å². The fourth-order valence-electron chi connectivity index (χ4n) is 5.77. The molecule has 0 amide bonds. The monoisotopic (exact) mass is 566 g/mol. The molecule has 210 valence electrons. The molecule has 43 heavy (non-hydrogen) atoms. The number of nitrogens with zero attached hydrogens (tertiary/aromatic N) is 4. The standard InChI is InChI=1S/C35H27FN6O/c36-30-20-27(43)14-15-28(30)34-29(21-37)31(24-10-12-26(13-11-24)42-18-16-38-17-19-42)32-33(40-41-35(32)39-34)25-8-6-23(7-9-25)22-4-2-1-3-5-22/h1-15,20,38,43H,16-19H2,(H,39,40,41). The Morgan fingerprint density at radius 2 is 1.47 bits per heavy atom. The molecule has 0 radical (unpaired) electrons. The summed E-state index contributed by atoms with van der Waals surface area (Å²) in [5.74, 6) is -0.869. The van der Waals surface area contributed by atoms with Gasteiger partial charge in [0.1, 0.15) is 23.3 Å². The smallest absolute Gasteiger partial charge is 0.157 e. The van der Waals surface area contributed by atoms with E-state index < -0.39 is 5.82 Å². The maximum absolute atomic E-state index is 15.1. The molecule has 6 aromatic rings. The fraction of sp³-hybridized carbons (Fsp3) is 0.114. The molecule has 0 saturated carbocycles. The minimum absolute atomic E-state index is 0.123. The van der Waals surface area contributed by atoms with Crippen molar-refractivity contribution in [2.75, 3.05) is 31.1 Å². The van der Waals surface area contributed by atoms with Gasteiger partial charge in [-0.25, -0.2) is 9.37 Å². The van der Waals surface area contributed by atoms with Crippen LogP contribution < -0.4 is 10.2 Å². The molecule has 8 heteroatoms. The maximum Gasteiger partial charge on any atom is 0.157 e. The van der Waals surface area contributed by atoms with E-state index >= 15 is 4.39 Å². The van der Waals surface area contributed by atoms with Crippen LogP contribution >= 0.6 is 0 Å². The number of aromatic nitrogens is 3. The summed E-state index contributed by atoms with van der Waals surface area (Å²) >= 11 is 0. The van der Waals surface area contributed by atoms with Crippen molar-refractivity contribution in [3.63, 3.8) is 0 Å². The predicted molar refractivity (Wildman–Crippen MR) is 167 cm³/mol. The number of nitrogens with one attached hydrogen (secondary N) is 2. The number of benzene rings is 4. The average Bonchev–Trinajstić information content (AvgIpc) is 3.48. The number of phenols is 1. The fourth-order valence-corrected chi connectivity index (χ4v) is 5.77. The Hall–Kier alpha value is -5.52. The van der Waals surface area contributed by atoms with Crippen molar-refractivity contribution in [2.45, 2.75) is 0 Å². The normalized spacial score (nSPS) is 13.3. The number of pyridine rings is 1. The highest BCUT2D eigenvalue weighted by Gasteiger charge is 2.25. The van der Waals surface area contributed by atoms with Gasteiger partial charge in [0.05, 0.1) is 16.6 Å². The number of piperazine rings is 1.